The second-order valence-corrected chi connectivity index (χ2v) is 3.84. The van der Waals surface area contributed by atoms with Crippen molar-refractivity contribution in [2.24, 2.45) is 5.92 Å². The standard InChI is InChI=1S/C11H19NO/c1-4-5-7-12(3)11-9-13-8-6-10(11)2/h1,10-11H,5-9H2,2-3H3/t10-,11+/m1/s1. The summed E-state index contributed by atoms with van der Waals surface area (Å²) in [6.45, 7) is 5.05. The number of hydrogen-bond donors (Lipinski definition) is 0. The zero-order valence-electron chi connectivity index (χ0n) is 8.62. The summed E-state index contributed by atoms with van der Waals surface area (Å²) >= 11 is 0. The second kappa shape index (κ2) is 5.26. The topological polar surface area (TPSA) is 12.5 Å². The summed E-state index contributed by atoms with van der Waals surface area (Å²) in [7, 11) is 2.13. The molecule has 1 fully saturated rings. The molecule has 0 aromatic heterocycles. The maximum absolute atomic E-state index is 5.46. The molecule has 0 amide bonds. The van der Waals surface area contributed by atoms with Crippen molar-refractivity contribution in [2.75, 3.05) is 26.8 Å². The molecular weight excluding hydrogens is 162 g/mol. The van der Waals surface area contributed by atoms with Crippen LogP contribution in [0.2, 0.25) is 0 Å². The van der Waals surface area contributed by atoms with E-state index in [1.165, 1.54) is 6.42 Å². The van der Waals surface area contributed by atoms with Crippen LogP contribution in [-0.2, 0) is 4.74 Å². The highest BCUT2D eigenvalue weighted by Gasteiger charge is 2.24. The summed E-state index contributed by atoms with van der Waals surface area (Å²) in [4.78, 5) is 2.32. The lowest BCUT2D eigenvalue weighted by molar-refractivity contribution is -0.00258. The van der Waals surface area contributed by atoms with Crippen molar-refractivity contribution in [3.63, 3.8) is 0 Å². The van der Waals surface area contributed by atoms with Gasteiger partial charge >= 0.3 is 0 Å². The molecule has 0 radical (unpaired) electrons. The quantitative estimate of drug-likeness (QED) is 0.610. The first kappa shape index (κ1) is 10.6. The summed E-state index contributed by atoms with van der Waals surface area (Å²) in [5.74, 6) is 3.40. The summed E-state index contributed by atoms with van der Waals surface area (Å²) in [6, 6.07) is 0.557. The normalized spacial score (nSPS) is 28.8. The van der Waals surface area contributed by atoms with E-state index in [2.05, 4.69) is 24.8 Å². The van der Waals surface area contributed by atoms with Crippen molar-refractivity contribution in [3.8, 4) is 12.3 Å². The smallest absolute Gasteiger partial charge is 0.0624 e. The van der Waals surface area contributed by atoms with Gasteiger partial charge in [0.1, 0.15) is 0 Å². The third-order valence-electron chi connectivity index (χ3n) is 2.84. The Kier molecular flexibility index (Phi) is 4.27. The molecule has 1 aliphatic rings. The van der Waals surface area contributed by atoms with Gasteiger partial charge in [0.25, 0.3) is 0 Å². The molecule has 0 unspecified atom stereocenters. The van der Waals surface area contributed by atoms with E-state index in [-0.39, 0.29) is 0 Å². The van der Waals surface area contributed by atoms with Crippen molar-refractivity contribution >= 4 is 0 Å². The van der Waals surface area contributed by atoms with E-state index in [4.69, 9.17) is 11.2 Å². The molecule has 1 saturated heterocycles. The zero-order chi connectivity index (χ0) is 9.68. The van der Waals surface area contributed by atoms with Gasteiger partial charge in [0.2, 0.25) is 0 Å². The Hall–Kier alpha value is -0.520. The van der Waals surface area contributed by atoms with Crippen molar-refractivity contribution in [1.29, 1.82) is 0 Å². The van der Waals surface area contributed by atoms with E-state index in [1.807, 2.05) is 0 Å². The minimum absolute atomic E-state index is 0.557. The van der Waals surface area contributed by atoms with Gasteiger partial charge in [0, 0.05) is 25.6 Å². The minimum atomic E-state index is 0.557. The number of terminal acetylenes is 1. The van der Waals surface area contributed by atoms with E-state index in [0.717, 1.165) is 32.1 Å². The van der Waals surface area contributed by atoms with Crippen molar-refractivity contribution in [3.05, 3.63) is 0 Å². The van der Waals surface area contributed by atoms with Gasteiger partial charge in [-0.1, -0.05) is 6.92 Å². The Morgan fingerprint density at radius 3 is 3.00 bits per heavy atom. The summed E-state index contributed by atoms with van der Waals surface area (Å²) in [6.07, 6.45) is 7.24. The van der Waals surface area contributed by atoms with Gasteiger partial charge in [-0.25, -0.2) is 0 Å². The number of likely N-dealkylation sites (N-methyl/N-ethyl adjacent to an activating group) is 1. The van der Waals surface area contributed by atoms with E-state index < -0.39 is 0 Å². The Labute approximate surface area is 81.3 Å². The first-order valence-electron chi connectivity index (χ1n) is 4.97. The maximum Gasteiger partial charge on any atom is 0.0624 e. The Bertz CT molecular complexity index is 185. The number of hydrogen-bond acceptors (Lipinski definition) is 2. The number of nitrogens with zero attached hydrogens (tertiary/aromatic N) is 1. The Balaban J connectivity index is 2.35. The van der Waals surface area contributed by atoms with E-state index in [9.17, 15) is 0 Å². The zero-order valence-corrected chi connectivity index (χ0v) is 8.62. The van der Waals surface area contributed by atoms with Crippen LogP contribution in [0.4, 0.5) is 0 Å². The Morgan fingerprint density at radius 1 is 1.62 bits per heavy atom. The molecule has 2 nitrogen and oxygen atoms in total. The fraction of sp³-hybridized carbons (Fsp3) is 0.818. The summed E-state index contributed by atoms with van der Waals surface area (Å²) < 4.78 is 5.46. The molecular formula is C11H19NO. The minimum Gasteiger partial charge on any atom is -0.380 e. The van der Waals surface area contributed by atoms with Crippen LogP contribution in [0.1, 0.15) is 19.8 Å². The van der Waals surface area contributed by atoms with Crippen LogP contribution in [0.25, 0.3) is 0 Å². The van der Waals surface area contributed by atoms with Crippen LogP contribution in [0.5, 0.6) is 0 Å². The highest BCUT2D eigenvalue weighted by Crippen LogP contribution is 2.18. The highest BCUT2D eigenvalue weighted by molar-refractivity contribution is 4.86. The maximum atomic E-state index is 5.46. The Morgan fingerprint density at radius 2 is 2.38 bits per heavy atom. The third kappa shape index (κ3) is 3.02. The van der Waals surface area contributed by atoms with Crippen molar-refractivity contribution in [1.82, 2.24) is 4.90 Å². The molecule has 0 spiro atoms. The summed E-state index contributed by atoms with van der Waals surface area (Å²) in [5.41, 5.74) is 0. The second-order valence-electron chi connectivity index (χ2n) is 3.84. The average Bonchev–Trinajstić information content (AvgIpc) is 2.15. The molecule has 0 N–H and O–H groups in total. The fourth-order valence-corrected chi connectivity index (χ4v) is 1.80. The molecule has 2 atom stereocenters. The molecule has 0 saturated carbocycles. The first-order valence-corrected chi connectivity index (χ1v) is 4.97. The lowest BCUT2D eigenvalue weighted by atomic mass is 9.96. The third-order valence-corrected chi connectivity index (χ3v) is 2.84. The van der Waals surface area contributed by atoms with Gasteiger partial charge in [0.05, 0.1) is 6.61 Å². The van der Waals surface area contributed by atoms with Gasteiger partial charge in [-0.05, 0) is 19.4 Å². The predicted molar refractivity (Wildman–Crippen MR) is 54.5 cm³/mol. The monoisotopic (exact) mass is 181 g/mol. The summed E-state index contributed by atoms with van der Waals surface area (Å²) in [5, 5.41) is 0. The average molecular weight is 181 g/mol. The largest absolute Gasteiger partial charge is 0.380 e. The van der Waals surface area contributed by atoms with Crippen LogP contribution < -0.4 is 0 Å². The number of ether oxygens (including phenoxy) is 1. The fourth-order valence-electron chi connectivity index (χ4n) is 1.80. The molecule has 1 aliphatic heterocycles. The lowest BCUT2D eigenvalue weighted by Gasteiger charge is -2.35. The molecule has 1 rings (SSSR count). The molecule has 2 heteroatoms. The molecule has 0 aromatic carbocycles. The van der Waals surface area contributed by atoms with Crippen molar-refractivity contribution in [2.45, 2.75) is 25.8 Å². The lowest BCUT2D eigenvalue weighted by Crippen LogP contribution is -2.44. The van der Waals surface area contributed by atoms with E-state index >= 15 is 0 Å². The van der Waals surface area contributed by atoms with Crippen LogP contribution >= 0.6 is 0 Å². The van der Waals surface area contributed by atoms with Crippen LogP contribution in [0, 0.1) is 18.3 Å². The molecule has 13 heavy (non-hydrogen) atoms. The van der Waals surface area contributed by atoms with Crippen LogP contribution in [0.15, 0.2) is 0 Å². The van der Waals surface area contributed by atoms with Gasteiger partial charge in [-0.2, -0.15) is 0 Å². The SMILES string of the molecule is C#CCCN(C)[C@H]1COCC[C@H]1C. The highest BCUT2D eigenvalue weighted by atomic mass is 16.5. The number of rotatable bonds is 3. The molecule has 74 valence electrons. The predicted octanol–water partition coefficient (Wildman–Crippen LogP) is 1.37. The van der Waals surface area contributed by atoms with Gasteiger partial charge in [-0.15, -0.1) is 12.3 Å². The molecule has 0 aromatic rings. The van der Waals surface area contributed by atoms with Crippen LogP contribution in [-0.4, -0.2) is 37.7 Å². The van der Waals surface area contributed by atoms with Crippen LogP contribution in [0.3, 0.4) is 0 Å². The molecule has 0 bridgehead atoms. The van der Waals surface area contributed by atoms with Crippen molar-refractivity contribution < 1.29 is 4.74 Å². The van der Waals surface area contributed by atoms with Gasteiger partial charge < -0.3 is 4.74 Å². The van der Waals surface area contributed by atoms with Gasteiger partial charge in [0.15, 0.2) is 0 Å². The molecule has 0 aliphatic carbocycles. The first-order chi connectivity index (χ1) is 6.25. The van der Waals surface area contributed by atoms with Gasteiger partial charge in [-0.3, -0.25) is 4.90 Å². The van der Waals surface area contributed by atoms with E-state index in [0.29, 0.717) is 6.04 Å². The van der Waals surface area contributed by atoms with E-state index in [1.54, 1.807) is 0 Å². The molecule has 1 heterocycles.